The smallest absolute Gasteiger partial charge is 0.225 e. The number of hydrogen-bond acceptors (Lipinski definition) is 4. The highest BCUT2D eigenvalue weighted by Crippen LogP contribution is 2.18. The fraction of sp³-hybridized carbons (Fsp3) is 0.533. The van der Waals surface area contributed by atoms with Crippen molar-refractivity contribution in [2.75, 3.05) is 31.2 Å². The molecular formula is C15H23N3O2. The van der Waals surface area contributed by atoms with Crippen molar-refractivity contribution in [1.82, 2.24) is 4.90 Å². The van der Waals surface area contributed by atoms with Gasteiger partial charge in [0.25, 0.3) is 0 Å². The lowest BCUT2D eigenvalue weighted by Gasteiger charge is -2.26. The van der Waals surface area contributed by atoms with E-state index >= 15 is 0 Å². The minimum absolute atomic E-state index is 0.0215. The van der Waals surface area contributed by atoms with Gasteiger partial charge >= 0.3 is 0 Å². The molecule has 0 aliphatic carbocycles. The summed E-state index contributed by atoms with van der Waals surface area (Å²) in [7, 11) is 2.05. The van der Waals surface area contributed by atoms with Crippen LogP contribution in [-0.4, -0.2) is 43.2 Å². The summed E-state index contributed by atoms with van der Waals surface area (Å²) in [5.41, 5.74) is 7.08. The molecule has 2 atom stereocenters. The van der Waals surface area contributed by atoms with Gasteiger partial charge in [0.2, 0.25) is 5.91 Å². The van der Waals surface area contributed by atoms with Gasteiger partial charge < -0.3 is 20.7 Å². The topological polar surface area (TPSA) is 67.6 Å². The number of anilines is 2. The summed E-state index contributed by atoms with van der Waals surface area (Å²) in [6.45, 7) is 3.63. The molecule has 1 aliphatic heterocycles. The molecule has 0 aromatic heterocycles. The Morgan fingerprint density at radius 3 is 2.75 bits per heavy atom. The van der Waals surface area contributed by atoms with Crippen LogP contribution in [0.5, 0.6) is 0 Å². The maximum Gasteiger partial charge on any atom is 0.225 e. The highest BCUT2D eigenvalue weighted by Gasteiger charge is 2.27. The fourth-order valence-electron chi connectivity index (χ4n) is 2.53. The second-order valence-electron chi connectivity index (χ2n) is 5.33. The minimum atomic E-state index is 0.0215. The standard InChI is InChI=1S/C15H23N3O2/c1-11-14(8-10-20-11)18(2)9-7-15(19)17-13-5-3-12(16)4-6-13/h3-6,11,14H,7-10,16H2,1-2H3,(H,17,19). The SMILES string of the molecule is CC1OCCC1N(C)CCC(=O)Nc1ccc(N)cc1. The van der Waals surface area contributed by atoms with Crippen LogP contribution >= 0.6 is 0 Å². The van der Waals surface area contributed by atoms with Crippen LogP contribution < -0.4 is 11.1 Å². The molecule has 0 radical (unpaired) electrons. The lowest BCUT2D eigenvalue weighted by molar-refractivity contribution is -0.116. The molecule has 2 rings (SSSR count). The van der Waals surface area contributed by atoms with Crippen molar-refractivity contribution in [3.8, 4) is 0 Å². The first-order valence-corrected chi connectivity index (χ1v) is 7.03. The number of likely N-dealkylation sites (N-methyl/N-ethyl adjacent to an activating group) is 1. The largest absolute Gasteiger partial charge is 0.399 e. The lowest BCUT2D eigenvalue weighted by atomic mass is 10.1. The maximum absolute atomic E-state index is 11.9. The third-order valence-corrected chi connectivity index (χ3v) is 3.79. The number of benzene rings is 1. The lowest BCUT2D eigenvalue weighted by Crippen LogP contribution is -2.38. The number of amides is 1. The predicted octanol–water partition coefficient (Wildman–Crippen LogP) is 1.71. The summed E-state index contributed by atoms with van der Waals surface area (Å²) in [6.07, 6.45) is 1.77. The zero-order chi connectivity index (χ0) is 14.5. The number of rotatable bonds is 5. The van der Waals surface area contributed by atoms with E-state index in [0.717, 1.165) is 25.3 Å². The van der Waals surface area contributed by atoms with Gasteiger partial charge in [0.15, 0.2) is 0 Å². The molecule has 1 saturated heterocycles. The Labute approximate surface area is 120 Å². The summed E-state index contributed by atoms with van der Waals surface area (Å²) < 4.78 is 5.55. The van der Waals surface area contributed by atoms with Crippen molar-refractivity contribution in [2.45, 2.75) is 31.9 Å². The quantitative estimate of drug-likeness (QED) is 0.804. The van der Waals surface area contributed by atoms with E-state index in [4.69, 9.17) is 10.5 Å². The Morgan fingerprint density at radius 1 is 1.45 bits per heavy atom. The number of carbonyl (C=O) groups excluding carboxylic acids is 1. The number of carbonyl (C=O) groups is 1. The molecule has 5 nitrogen and oxygen atoms in total. The second kappa shape index (κ2) is 6.72. The van der Waals surface area contributed by atoms with Gasteiger partial charge in [0.1, 0.15) is 0 Å². The third-order valence-electron chi connectivity index (χ3n) is 3.79. The van der Waals surface area contributed by atoms with Gasteiger partial charge in [-0.15, -0.1) is 0 Å². The Kier molecular flexibility index (Phi) is 4.98. The van der Waals surface area contributed by atoms with Crippen LogP contribution in [-0.2, 0) is 9.53 Å². The van der Waals surface area contributed by atoms with Crippen LogP contribution in [0, 0.1) is 0 Å². The van der Waals surface area contributed by atoms with E-state index in [2.05, 4.69) is 17.1 Å². The number of nitrogen functional groups attached to an aromatic ring is 1. The molecule has 5 heteroatoms. The van der Waals surface area contributed by atoms with Crippen LogP contribution in [0.4, 0.5) is 11.4 Å². The maximum atomic E-state index is 11.9. The van der Waals surface area contributed by atoms with Crippen LogP contribution in [0.15, 0.2) is 24.3 Å². The van der Waals surface area contributed by atoms with Gasteiger partial charge in [0.05, 0.1) is 6.10 Å². The summed E-state index contributed by atoms with van der Waals surface area (Å²) >= 11 is 0. The van der Waals surface area contributed by atoms with E-state index in [1.807, 2.05) is 19.2 Å². The van der Waals surface area contributed by atoms with E-state index in [1.54, 1.807) is 12.1 Å². The molecule has 110 valence electrons. The van der Waals surface area contributed by atoms with Gasteiger partial charge in [-0.05, 0) is 44.7 Å². The van der Waals surface area contributed by atoms with Crippen LogP contribution in [0.2, 0.25) is 0 Å². The molecule has 1 fully saturated rings. The number of nitrogens with one attached hydrogen (secondary N) is 1. The normalized spacial score (nSPS) is 22.1. The van der Waals surface area contributed by atoms with Crippen molar-refractivity contribution < 1.29 is 9.53 Å². The molecule has 1 aromatic carbocycles. The average Bonchev–Trinajstić information content (AvgIpc) is 2.85. The molecule has 0 saturated carbocycles. The van der Waals surface area contributed by atoms with Crippen LogP contribution in [0.25, 0.3) is 0 Å². The fourth-order valence-corrected chi connectivity index (χ4v) is 2.53. The van der Waals surface area contributed by atoms with Gasteiger partial charge in [-0.1, -0.05) is 0 Å². The zero-order valence-electron chi connectivity index (χ0n) is 12.1. The molecule has 1 aromatic rings. The summed E-state index contributed by atoms with van der Waals surface area (Å²) in [5, 5.41) is 2.87. The number of nitrogens with two attached hydrogens (primary N) is 1. The summed E-state index contributed by atoms with van der Waals surface area (Å²) in [6, 6.07) is 7.59. The number of ether oxygens (including phenoxy) is 1. The van der Waals surface area contributed by atoms with Gasteiger partial charge in [-0.3, -0.25) is 4.79 Å². The van der Waals surface area contributed by atoms with E-state index in [0.29, 0.717) is 18.2 Å². The summed E-state index contributed by atoms with van der Waals surface area (Å²) in [4.78, 5) is 14.1. The molecule has 3 N–H and O–H groups in total. The Bertz CT molecular complexity index is 447. The predicted molar refractivity (Wildman–Crippen MR) is 80.6 cm³/mol. The second-order valence-corrected chi connectivity index (χ2v) is 5.33. The molecule has 1 aliphatic rings. The molecule has 20 heavy (non-hydrogen) atoms. The third kappa shape index (κ3) is 3.95. The Balaban J connectivity index is 1.76. The Morgan fingerprint density at radius 2 is 2.15 bits per heavy atom. The average molecular weight is 277 g/mol. The molecule has 0 spiro atoms. The molecule has 1 heterocycles. The van der Waals surface area contributed by atoms with Crippen molar-refractivity contribution in [2.24, 2.45) is 0 Å². The Hall–Kier alpha value is -1.59. The van der Waals surface area contributed by atoms with Crippen LogP contribution in [0.1, 0.15) is 19.8 Å². The first-order valence-electron chi connectivity index (χ1n) is 7.03. The highest BCUT2D eigenvalue weighted by atomic mass is 16.5. The first-order chi connectivity index (χ1) is 9.56. The van der Waals surface area contributed by atoms with E-state index in [9.17, 15) is 4.79 Å². The van der Waals surface area contributed by atoms with E-state index in [-0.39, 0.29) is 12.0 Å². The monoisotopic (exact) mass is 277 g/mol. The molecule has 0 bridgehead atoms. The van der Waals surface area contributed by atoms with Crippen molar-refractivity contribution in [3.05, 3.63) is 24.3 Å². The van der Waals surface area contributed by atoms with Gasteiger partial charge in [0, 0.05) is 37.0 Å². The van der Waals surface area contributed by atoms with E-state index in [1.165, 1.54) is 0 Å². The number of nitrogens with zero attached hydrogens (tertiary/aromatic N) is 1. The zero-order valence-corrected chi connectivity index (χ0v) is 12.1. The van der Waals surface area contributed by atoms with Crippen molar-refractivity contribution in [1.29, 1.82) is 0 Å². The van der Waals surface area contributed by atoms with Crippen molar-refractivity contribution in [3.63, 3.8) is 0 Å². The van der Waals surface area contributed by atoms with E-state index < -0.39 is 0 Å². The van der Waals surface area contributed by atoms with Gasteiger partial charge in [-0.25, -0.2) is 0 Å². The molecule has 2 unspecified atom stereocenters. The minimum Gasteiger partial charge on any atom is -0.399 e. The number of hydrogen-bond donors (Lipinski definition) is 2. The summed E-state index contributed by atoms with van der Waals surface area (Å²) in [5.74, 6) is 0.0215. The van der Waals surface area contributed by atoms with Crippen LogP contribution in [0.3, 0.4) is 0 Å². The molecule has 1 amide bonds. The first kappa shape index (κ1) is 14.8. The highest BCUT2D eigenvalue weighted by molar-refractivity contribution is 5.90. The van der Waals surface area contributed by atoms with Crippen molar-refractivity contribution >= 4 is 17.3 Å². The molecular weight excluding hydrogens is 254 g/mol. The van der Waals surface area contributed by atoms with Gasteiger partial charge in [-0.2, -0.15) is 0 Å².